The Bertz CT molecular complexity index is 877. The smallest absolute Gasteiger partial charge is 0.361 e. The number of aromatic nitrogens is 1. The zero-order valence-electron chi connectivity index (χ0n) is 15.9. The van der Waals surface area contributed by atoms with Crippen molar-refractivity contribution in [2.45, 2.75) is 44.2 Å². The third kappa shape index (κ3) is 4.68. The summed E-state index contributed by atoms with van der Waals surface area (Å²) < 4.78 is 77.1. The molecule has 0 bridgehead atoms. The lowest BCUT2D eigenvalue weighted by Gasteiger charge is -2.31. The number of hydrogen-bond donors (Lipinski definition) is 1. The van der Waals surface area contributed by atoms with Crippen LogP contribution in [0.3, 0.4) is 0 Å². The highest BCUT2D eigenvalue weighted by Crippen LogP contribution is 2.38. The molecule has 2 atom stereocenters. The number of pyridine rings is 1. The Morgan fingerprint density at radius 1 is 1.07 bits per heavy atom. The first kappa shape index (κ1) is 21.9. The number of amides is 1. The van der Waals surface area contributed by atoms with E-state index >= 15 is 0 Å². The van der Waals surface area contributed by atoms with E-state index in [1.807, 2.05) is 0 Å². The van der Waals surface area contributed by atoms with E-state index in [4.69, 9.17) is 0 Å². The van der Waals surface area contributed by atoms with Crippen molar-refractivity contribution in [1.82, 2.24) is 10.3 Å². The van der Waals surface area contributed by atoms with Crippen LogP contribution in [0.4, 0.5) is 32.0 Å². The Balaban J connectivity index is 1.94. The lowest BCUT2D eigenvalue weighted by Crippen LogP contribution is -2.39. The molecule has 1 aromatic heterocycles. The van der Waals surface area contributed by atoms with Crippen molar-refractivity contribution >= 4 is 11.6 Å². The Morgan fingerprint density at radius 3 is 2.23 bits per heavy atom. The molecule has 1 fully saturated rings. The highest BCUT2D eigenvalue weighted by molar-refractivity contribution is 5.76. The number of benzene rings is 1. The van der Waals surface area contributed by atoms with Crippen molar-refractivity contribution in [3.8, 4) is 0 Å². The monoisotopic (exact) mass is 431 g/mol. The van der Waals surface area contributed by atoms with Crippen LogP contribution in [0.2, 0.25) is 0 Å². The van der Waals surface area contributed by atoms with Crippen LogP contribution in [-0.4, -0.2) is 23.5 Å². The van der Waals surface area contributed by atoms with E-state index in [1.165, 1.54) is 18.2 Å². The Kier molecular flexibility index (Phi) is 5.96. The number of nitrogens with one attached hydrogen (secondary N) is 1. The summed E-state index contributed by atoms with van der Waals surface area (Å²) in [5.74, 6) is -0.218. The van der Waals surface area contributed by atoms with Crippen molar-refractivity contribution in [3.05, 3.63) is 59.4 Å². The topological polar surface area (TPSA) is 45.2 Å². The highest BCUT2D eigenvalue weighted by Gasteiger charge is 2.38. The summed E-state index contributed by atoms with van der Waals surface area (Å²) in [5.41, 5.74) is -0.934. The molecule has 1 aliphatic rings. The SMILES string of the molecule is CCC(=O)N[C@@H]1CCN(c2ccc(C(F)(F)F)nc2)[C@@H]1c1ccc(C(F)(F)F)cc1. The van der Waals surface area contributed by atoms with E-state index in [9.17, 15) is 31.1 Å². The lowest BCUT2D eigenvalue weighted by atomic mass is 9.98. The van der Waals surface area contributed by atoms with Crippen LogP contribution >= 0.6 is 0 Å². The van der Waals surface area contributed by atoms with Crippen LogP contribution in [0.15, 0.2) is 42.6 Å². The molecule has 0 radical (unpaired) electrons. The van der Waals surface area contributed by atoms with E-state index in [1.54, 1.807) is 11.8 Å². The lowest BCUT2D eigenvalue weighted by molar-refractivity contribution is -0.141. The molecule has 1 saturated heterocycles. The number of hydrogen-bond acceptors (Lipinski definition) is 3. The van der Waals surface area contributed by atoms with Gasteiger partial charge in [0.1, 0.15) is 5.69 Å². The van der Waals surface area contributed by atoms with E-state index < -0.39 is 35.7 Å². The van der Waals surface area contributed by atoms with Gasteiger partial charge in [0.25, 0.3) is 0 Å². The van der Waals surface area contributed by atoms with Gasteiger partial charge in [-0.15, -0.1) is 0 Å². The van der Waals surface area contributed by atoms with Crippen molar-refractivity contribution in [2.75, 3.05) is 11.4 Å². The molecule has 0 saturated carbocycles. The van der Waals surface area contributed by atoms with Gasteiger partial charge in [-0.25, -0.2) is 4.98 Å². The van der Waals surface area contributed by atoms with Gasteiger partial charge in [0.05, 0.1) is 29.5 Å². The number of anilines is 1. The first-order chi connectivity index (χ1) is 14.0. The molecule has 1 aromatic carbocycles. The predicted molar refractivity (Wildman–Crippen MR) is 97.6 cm³/mol. The van der Waals surface area contributed by atoms with E-state index in [-0.39, 0.29) is 12.3 Å². The largest absolute Gasteiger partial charge is 0.433 e. The Labute approximate surface area is 168 Å². The first-order valence-corrected chi connectivity index (χ1v) is 9.27. The van der Waals surface area contributed by atoms with Crippen LogP contribution in [0.5, 0.6) is 0 Å². The fraction of sp³-hybridized carbons (Fsp3) is 0.400. The summed E-state index contributed by atoms with van der Waals surface area (Å²) in [6.07, 6.45) is -7.25. The van der Waals surface area contributed by atoms with Gasteiger partial charge in [-0.2, -0.15) is 26.3 Å². The van der Waals surface area contributed by atoms with Gasteiger partial charge in [0, 0.05) is 13.0 Å². The number of rotatable bonds is 4. The normalized spacial score (nSPS) is 19.8. The molecule has 0 unspecified atom stereocenters. The summed E-state index contributed by atoms with van der Waals surface area (Å²) in [4.78, 5) is 17.1. The van der Waals surface area contributed by atoms with Crippen LogP contribution in [0, 0.1) is 0 Å². The maximum Gasteiger partial charge on any atom is 0.433 e. The number of carbonyl (C=O) groups is 1. The van der Waals surface area contributed by atoms with Crippen molar-refractivity contribution in [2.24, 2.45) is 0 Å². The fourth-order valence-corrected chi connectivity index (χ4v) is 3.55. The van der Waals surface area contributed by atoms with Crippen LogP contribution < -0.4 is 10.2 Å². The van der Waals surface area contributed by atoms with E-state index in [0.717, 1.165) is 24.4 Å². The van der Waals surface area contributed by atoms with Crippen molar-refractivity contribution in [1.29, 1.82) is 0 Å². The van der Waals surface area contributed by atoms with Crippen molar-refractivity contribution < 1.29 is 31.1 Å². The molecule has 1 aliphatic heterocycles. The highest BCUT2D eigenvalue weighted by atomic mass is 19.4. The van der Waals surface area contributed by atoms with E-state index in [2.05, 4.69) is 10.3 Å². The molecular formula is C20H19F6N3O. The average molecular weight is 431 g/mol. The van der Waals surface area contributed by atoms with Gasteiger partial charge >= 0.3 is 12.4 Å². The van der Waals surface area contributed by atoms with Crippen LogP contribution in [-0.2, 0) is 17.1 Å². The van der Waals surface area contributed by atoms with Gasteiger partial charge < -0.3 is 10.2 Å². The molecule has 2 heterocycles. The molecule has 4 nitrogen and oxygen atoms in total. The Morgan fingerprint density at radius 2 is 1.73 bits per heavy atom. The number of alkyl halides is 6. The minimum Gasteiger partial charge on any atom is -0.361 e. The minimum absolute atomic E-state index is 0.218. The second-order valence-electron chi connectivity index (χ2n) is 6.97. The maximum absolute atomic E-state index is 12.9. The number of nitrogens with zero attached hydrogens (tertiary/aromatic N) is 2. The molecule has 10 heteroatoms. The zero-order chi connectivity index (χ0) is 22.1. The maximum atomic E-state index is 12.9. The van der Waals surface area contributed by atoms with Gasteiger partial charge in [-0.05, 0) is 36.2 Å². The van der Waals surface area contributed by atoms with Crippen LogP contribution in [0.25, 0.3) is 0 Å². The molecule has 1 amide bonds. The standard InChI is InChI=1S/C20H19F6N3O/c1-2-17(30)28-15-9-10-29(14-7-8-16(27-11-14)20(24,25)26)18(15)12-3-5-13(6-4-12)19(21,22)23/h3-8,11,15,18H,2,9-10H2,1H3,(H,28,30)/t15-,18-/m1/s1. The summed E-state index contributed by atoms with van der Waals surface area (Å²) >= 11 is 0. The quantitative estimate of drug-likeness (QED) is 0.696. The Hall–Kier alpha value is -2.78. The molecule has 30 heavy (non-hydrogen) atoms. The van der Waals surface area contributed by atoms with Gasteiger partial charge in [-0.1, -0.05) is 19.1 Å². The van der Waals surface area contributed by atoms with Gasteiger partial charge in [0.2, 0.25) is 5.91 Å². The minimum atomic E-state index is -4.58. The zero-order valence-corrected chi connectivity index (χ0v) is 15.9. The molecule has 0 spiro atoms. The van der Waals surface area contributed by atoms with Gasteiger partial charge in [0.15, 0.2) is 0 Å². The van der Waals surface area contributed by atoms with Crippen molar-refractivity contribution in [3.63, 3.8) is 0 Å². The third-order valence-electron chi connectivity index (χ3n) is 5.01. The molecule has 0 aliphatic carbocycles. The first-order valence-electron chi connectivity index (χ1n) is 9.27. The molecular weight excluding hydrogens is 412 g/mol. The predicted octanol–water partition coefficient (Wildman–Crippen LogP) is 4.97. The molecule has 162 valence electrons. The molecule has 2 aromatic rings. The molecule has 3 rings (SSSR count). The van der Waals surface area contributed by atoms with Gasteiger partial charge in [-0.3, -0.25) is 4.79 Å². The second-order valence-corrected chi connectivity index (χ2v) is 6.97. The average Bonchev–Trinajstić information content (AvgIpc) is 3.10. The fourth-order valence-electron chi connectivity index (χ4n) is 3.55. The number of carbonyl (C=O) groups excluding carboxylic acids is 1. The molecule has 1 N–H and O–H groups in total. The summed E-state index contributed by atoms with van der Waals surface area (Å²) in [6, 6.07) is 5.75. The summed E-state index contributed by atoms with van der Waals surface area (Å²) in [7, 11) is 0. The summed E-state index contributed by atoms with van der Waals surface area (Å²) in [6.45, 7) is 2.07. The number of halogens is 6. The van der Waals surface area contributed by atoms with E-state index in [0.29, 0.717) is 24.2 Å². The third-order valence-corrected chi connectivity index (χ3v) is 5.01. The second kappa shape index (κ2) is 8.16. The summed E-state index contributed by atoms with van der Waals surface area (Å²) in [5, 5.41) is 2.85. The van der Waals surface area contributed by atoms with Crippen LogP contribution in [0.1, 0.15) is 42.6 Å².